The van der Waals surface area contributed by atoms with Crippen LogP contribution in [0.4, 0.5) is 5.69 Å². The molecular formula is C31H24N4O2. The van der Waals surface area contributed by atoms with Crippen LogP contribution < -0.4 is 5.32 Å². The van der Waals surface area contributed by atoms with Crippen molar-refractivity contribution in [2.24, 2.45) is 0 Å². The summed E-state index contributed by atoms with van der Waals surface area (Å²) in [5, 5.41) is 2.93. The lowest BCUT2D eigenvalue weighted by molar-refractivity contribution is 0.102. The van der Waals surface area contributed by atoms with Crippen molar-refractivity contribution in [1.82, 2.24) is 15.0 Å². The van der Waals surface area contributed by atoms with Gasteiger partial charge < -0.3 is 5.32 Å². The molecule has 1 amide bonds. The first kappa shape index (κ1) is 23.8. The Kier molecular flexibility index (Phi) is 6.90. The Labute approximate surface area is 215 Å². The van der Waals surface area contributed by atoms with Gasteiger partial charge in [-0.15, -0.1) is 0 Å². The summed E-state index contributed by atoms with van der Waals surface area (Å²) in [4.78, 5) is 38.9. The van der Waals surface area contributed by atoms with Crippen LogP contribution in [0.1, 0.15) is 43.1 Å². The van der Waals surface area contributed by atoms with E-state index in [1.54, 1.807) is 54.9 Å². The van der Waals surface area contributed by atoms with Crippen LogP contribution in [0.3, 0.4) is 0 Å². The third-order valence-corrected chi connectivity index (χ3v) is 6.14. The molecule has 0 spiro atoms. The van der Waals surface area contributed by atoms with E-state index in [2.05, 4.69) is 20.3 Å². The normalized spacial score (nSPS) is 10.6. The van der Waals surface area contributed by atoms with Crippen LogP contribution in [0.15, 0.2) is 110 Å². The van der Waals surface area contributed by atoms with Crippen molar-refractivity contribution in [3.05, 3.63) is 143 Å². The number of rotatable bonds is 7. The fourth-order valence-electron chi connectivity index (χ4n) is 4.14. The predicted molar refractivity (Wildman–Crippen MR) is 144 cm³/mol. The van der Waals surface area contributed by atoms with E-state index in [9.17, 15) is 9.59 Å². The molecule has 0 unspecified atom stereocenters. The smallest absolute Gasteiger partial charge is 0.255 e. The van der Waals surface area contributed by atoms with Crippen LogP contribution in [0.2, 0.25) is 0 Å². The Hall–Kier alpha value is -4.97. The number of aryl methyl sites for hydroxylation is 1. The van der Waals surface area contributed by atoms with E-state index in [1.165, 1.54) is 6.33 Å². The van der Waals surface area contributed by atoms with Gasteiger partial charge in [-0.3, -0.25) is 14.6 Å². The molecule has 0 atom stereocenters. The standard InChI is InChI=1S/C31H24N4O2/c1-21-12-13-24(17-25(21)19-29-27(11-6-15-33-29)28-14-16-32-20-34-28)31(37)35-26-10-5-9-23(18-26)30(36)22-7-3-2-4-8-22/h2-18,20H,19H2,1H3,(H,35,37). The lowest BCUT2D eigenvalue weighted by Crippen LogP contribution is -2.13. The number of anilines is 1. The van der Waals surface area contributed by atoms with Crippen LogP contribution in [0.25, 0.3) is 11.3 Å². The molecule has 5 aromatic rings. The van der Waals surface area contributed by atoms with E-state index in [-0.39, 0.29) is 11.7 Å². The summed E-state index contributed by atoms with van der Waals surface area (Å²) in [5.74, 6) is -0.341. The van der Waals surface area contributed by atoms with E-state index in [0.29, 0.717) is 28.8 Å². The van der Waals surface area contributed by atoms with Gasteiger partial charge in [0.05, 0.1) is 11.4 Å². The van der Waals surface area contributed by atoms with Gasteiger partial charge in [0.25, 0.3) is 5.91 Å². The average Bonchev–Trinajstić information content (AvgIpc) is 2.95. The van der Waals surface area contributed by atoms with Gasteiger partial charge in [-0.2, -0.15) is 0 Å². The van der Waals surface area contributed by atoms with Gasteiger partial charge in [-0.25, -0.2) is 9.97 Å². The molecule has 5 rings (SSSR count). The average molecular weight is 485 g/mol. The molecule has 0 saturated carbocycles. The minimum absolute atomic E-state index is 0.0934. The van der Waals surface area contributed by atoms with Gasteiger partial charge in [-0.05, 0) is 60.5 Å². The molecule has 0 aliphatic carbocycles. The quantitative estimate of drug-likeness (QED) is 0.290. The maximum atomic E-state index is 13.1. The summed E-state index contributed by atoms with van der Waals surface area (Å²) in [6, 6.07) is 27.4. The zero-order valence-electron chi connectivity index (χ0n) is 20.3. The topological polar surface area (TPSA) is 84.8 Å². The highest BCUT2D eigenvalue weighted by molar-refractivity contribution is 6.10. The number of carbonyl (C=O) groups excluding carboxylic acids is 2. The first-order valence-electron chi connectivity index (χ1n) is 11.9. The van der Waals surface area contributed by atoms with Crippen LogP contribution in [0.5, 0.6) is 0 Å². The van der Waals surface area contributed by atoms with Gasteiger partial charge in [-0.1, -0.05) is 48.5 Å². The molecule has 6 nitrogen and oxygen atoms in total. The summed E-state index contributed by atoms with van der Waals surface area (Å²) in [6.45, 7) is 2.02. The summed E-state index contributed by atoms with van der Waals surface area (Å²) in [7, 11) is 0. The highest BCUT2D eigenvalue weighted by atomic mass is 16.1. The summed E-state index contributed by atoms with van der Waals surface area (Å²) >= 11 is 0. The van der Waals surface area contributed by atoms with Gasteiger partial charge in [0.1, 0.15) is 6.33 Å². The van der Waals surface area contributed by atoms with Gasteiger partial charge in [0.15, 0.2) is 5.78 Å². The predicted octanol–water partition coefficient (Wildman–Crippen LogP) is 5.92. The van der Waals surface area contributed by atoms with E-state index >= 15 is 0 Å². The first-order chi connectivity index (χ1) is 18.1. The van der Waals surface area contributed by atoms with Gasteiger partial charge >= 0.3 is 0 Å². The van der Waals surface area contributed by atoms with Crippen molar-refractivity contribution in [1.29, 1.82) is 0 Å². The molecule has 2 heterocycles. The second-order valence-electron chi connectivity index (χ2n) is 8.64. The highest BCUT2D eigenvalue weighted by Gasteiger charge is 2.14. The van der Waals surface area contributed by atoms with Gasteiger partial charge in [0.2, 0.25) is 0 Å². The number of hydrogen-bond acceptors (Lipinski definition) is 5. The Morgan fingerprint density at radius 2 is 1.59 bits per heavy atom. The number of hydrogen-bond donors (Lipinski definition) is 1. The monoisotopic (exact) mass is 484 g/mol. The summed E-state index contributed by atoms with van der Waals surface area (Å²) < 4.78 is 0. The lowest BCUT2D eigenvalue weighted by Gasteiger charge is -2.12. The Morgan fingerprint density at radius 1 is 0.757 bits per heavy atom. The minimum atomic E-state index is -0.248. The van der Waals surface area contributed by atoms with Crippen LogP contribution in [0, 0.1) is 6.92 Å². The van der Waals surface area contributed by atoms with Crippen molar-refractivity contribution in [3.63, 3.8) is 0 Å². The number of benzene rings is 3. The van der Waals surface area contributed by atoms with Crippen molar-refractivity contribution in [2.75, 3.05) is 5.32 Å². The number of ketones is 1. The fourth-order valence-corrected chi connectivity index (χ4v) is 4.14. The van der Waals surface area contributed by atoms with Crippen molar-refractivity contribution >= 4 is 17.4 Å². The summed E-state index contributed by atoms with van der Waals surface area (Å²) in [6.07, 6.45) is 5.53. The number of carbonyl (C=O) groups is 2. The lowest BCUT2D eigenvalue weighted by atomic mass is 9.97. The molecule has 6 heteroatoms. The first-order valence-corrected chi connectivity index (χ1v) is 11.9. The number of amides is 1. The highest BCUT2D eigenvalue weighted by Crippen LogP contribution is 2.24. The number of pyridine rings is 1. The molecule has 0 aliphatic heterocycles. The zero-order valence-corrected chi connectivity index (χ0v) is 20.3. The molecule has 0 saturated heterocycles. The van der Waals surface area contributed by atoms with E-state index < -0.39 is 0 Å². The molecular weight excluding hydrogens is 460 g/mol. The third kappa shape index (κ3) is 5.49. The third-order valence-electron chi connectivity index (χ3n) is 6.14. The van der Waals surface area contributed by atoms with Crippen molar-refractivity contribution in [2.45, 2.75) is 13.3 Å². The fraction of sp³-hybridized carbons (Fsp3) is 0.0645. The molecule has 0 aliphatic rings. The molecule has 180 valence electrons. The number of nitrogens with one attached hydrogen (secondary N) is 1. The largest absolute Gasteiger partial charge is 0.322 e. The van der Waals surface area contributed by atoms with Crippen LogP contribution >= 0.6 is 0 Å². The SMILES string of the molecule is Cc1ccc(C(=O)Nc2cccc(C(=O)c3ccccc3)c2)cc1Cc1ncccc1-c1ccncn1. The molecule has 37 heavy (non-hydrogen) atoms. The number of nitrogens with zero attached hydrogens (tertiary/aromatic N) is 3. The second kappa shape index (κ2) is 10.7. The second-order valence-corrected chi connectivity index (χ2v) is 8.64. The van der Waals surface area contributed by atoms with E-state index in [1.807, 2.05) is 55.5 Å². The van der Waals surface area contributed by atoms with E-state index in [0.717, 1.165) is 28.1 Å². The molecule has 1 N–H and O–H groups in total. The molecule has 2 aromatic heterocycles. The van der Waals surface area contributed by atoms with E-state index in [4.69, 9.17) is 0 Å². The molecule has 3 aromatic carbocycles. The van der Waals surface area contributed by atoms with Crippen molar-refractivity contribution < 1.29 is 9.59 Å². The zero-order chi connectivity index (χ0) is 25.6. The maximum Gasteiger partial charge on any atom is 0.255 e. The Balaban J connectivity index is 1.37. The minimum Gasteiger partial charge on any atom is -0.322 e. The number of aromatic nitrogens is 3. The van der Waals surface area contributed by atoms with Crippen LogP contribution in [-0.2, 0) is 6.42 Å². The van der Waals surface area contributed by atoms with Crippen molar-refractivity contribution in [3.8, 4) is 11.3 Å². The van der Waals surface area contributed by atoms with Gasteiger partial charge in [0, 0.05) is 46.8 Å². The maximum absolute atomic E-state index is 13.1. The molecule has 0 bridgehead atoms. The molecule has 0 fully saturated rings. The Bertz CT molecular complexity index is 1570. The Morgan fingerprint density at radius 3 is 2.41 bits per heavy atom. The summed E-state index contributed by atoms with van der Waals surface area (Å²) in [5.41, 5.74) is 6.86. The molecule has 0 radical (unpaired) electrons. The van der Waals surface area contributed by atoms with Crippen LogP contribution in [-0.4, -0.2) is 26.6 Å².